The first kappa shape index (κ1) is 25.4. The van der Waals surface area contributed by atoms with Crippen LogP contribution in [0.1, 0.15) is 26.3 Å². The summed E-state index contributed by atoms with van der Waals surface area (Å²) in [5, 5.41) is 3.27. The first-order chi connectivity index (χ1) is 19.6. The molecule has 5 nitrogen and oxygen atoms in total. The van der Waals surface area contributed by atoms with E-state index < -0.39 is 7.41 Å². The Bertz CT molecular complexity index is 1590. The molecular weight excluding hydrogens is 515 g/mol. The van der Waals surface area contributed by atoms with Gasteiger partial charge in [0.25, 0.3) is 11.8 Å². The summed E-state index contributed by atoms with van der Waals surface area (Å²) in [6.45, 7) is 0. The molecule has 0 atom stereocenters. The van der Waals surface area contributed by atoms with Gasteiger partial charge in [0.2, 0.25) is 7.41 Å². The zero-order valence-corrected chi connectivity index (χ0v) is 22.7. The lowest BCUT2D eigenvalue weighted by atomic mass is 10.1. The highest BCUT2D eigenvalue weighted by atomic mass is 31.2. The van der Waals surface area contributed by atoms with Crippen LogP contribution in [0.15, 0.2) is 138 Å². The second-order valence-electron chi connectivity index (χ2n) is 9.30. The molecule has 1 heterocycles. The summed E-state index contributed by atoms with van der Waals surface area (Å²) in [6.07, 6.45) is 1.79. The smallest absolute Gasteiger partial charge is 0.266 e. The van der Waals surface area contributed by atoms with Crippen molar-refractivity contribution in [3.8, 4) is 5.75 Å². The molecule has 40 heavy (non-hydrogen) atoms. The number of rotatable bonds is 7. The van der Waals surface area contributed by atoms with E-state index >= 15 is 0 Å². The van der Waals surface area contributed by atoms with Gasteiger partial charge in [0, 0.05) is 5.56 Å². The molecule has 194 valence electrons. The van der Waals surface area contributed by atoms with Gasteiger partial charge in [-0.1, -0.05) is 66.7 Å². The van der Waals surface area contributed by atoms with Crippen LogP contribution in [0.2, 0.25) is 0 Å². The Labute approximate surface area is 233 Å². The summed E-state index contributed by atoms with van der Waals surface area (Å²) >= 11 is 0. The zero-order valence-electron chi connectivity index (χ0n) is 21.8. The number of carbonyl (C=O) groups is 2. The van der Waals surface area contributed by atoms with Crippen molar-refractivity contribution in [2.24, 2.45) is 4.76 Å². The summed E-state index contributed by atoms with van der Waals surface area (Å²) in [7, 11) is -0.952. The van der Waals surface area contributed by atoms with E-state index in [1.807, 2.05) is 60.7 Å². The summed E-state index contributed by atoms with van der Waals surface area (Å²) in [6, 6.07) is 43.1. The topological polar surface area (TPSA) is 59.0 Å². The quantitative estimate of drug-likeness (QED) is 0.148. The fourth-order valence-corrected chi connectivity index (χ4v) is 8.50. The van der Waals surface area contributed by atoms with Gasteiger partial charge in [-0.2, -0.15) is 0 Å². The number of amides is 2. The van der Waals surface area contributed by atoms with Crippen LogP contribution in [0.4, 0.5) is 5.69 Å². The number of anilines is 1. The van der Waals surface area contributed by atoms with Crippen LogP contribution < -0.4 is 25.6 Å². The largest absolute Gasteiger partial charge is 0.497 e. The molecule has 0 N–H and O–H groups in total. The molecule has 0 aliphatic carbocycles. The molecule has 0 saturated carbocycles. The number of methoxy groups -OCH3 is 1. The standard InChI is InChI=1S/C34H26N2O3P/c1-39-26-21-22-32(36-33(37)30-19-11-12-20-31(30)34(36)38)25(23-26)24-35-40(27-13-5-2-6-14-27,28-15-7-3-8-16-28)29-17-9-4-10-18-29/h2-24H,1H3/q+1/b35-24+. The molecule has 5 aromatic carbocycles. The van der Waals surface area contributed by atoms with E-state index in [-0.39, 0.29) is 11.8 Å². The molecule has 2 amide bonds. The highest BCUT2D eigenvalue weighted by Gasteiger charge is 2.46. The Morgan fingerprint density at radius 1 is 0.625 bits per heavy atom. The number of hydrogen-bond donors (Lipinski definition) is 0. The van der Waals surface area contributed by atoms with E-state index in [0.717, 1.165) is 15.9 Å². The van der Waals surface area contributed by atoms with Gasteiger partial charge < -0.3 is 4.74 Å². The van der Waals surface area contributed by atoms with E-state index in [1.165, 1.54) is 4.90 Å². The van der Waals surface area contributed by atoms with Gasteiger partial charge in [0.1, 0.15) is 21.7 Å². The first-order valence-corrected chi connectivity index (χ1v) is 14.6. The first-order valence-electron chi connectivity index (χ1n) is 12.9. The lowest BCUT2D eigenvalue weighted by Gasteiger charge is -2.22. The lowest BCUT2D eigenvalue weighted by molar-refractivity contribution is 0.0926. The molecule has 6 rings (SSSR count). The average Bonchev–Trinajstić information content (AvgIpc) is 3.28. The van der Waals surface area contributed by atoms with Gasteiger partial charge in [-0.25, -0.2) is 4.90 Å². The van der Waals surface area contributed by atoms with Crippen molar-refractivity contribution in [1.82, 2.24) is 0 Å². The van der Waals surface area contributed by atoms with E-state index in [4.69, 9.17) is 9.50 Å². The minimum Gasteiger partial charge on any atom is -0.497 e. The third-order valence-electron chi connectivity index (χ3n) is 7.03. The molecule has 5 aromatic rings. The summed E-state index contributed by atoms with van der Waals surface area (Å²) in [4.78, 5) is 28.1. The molecule has 0 spiro atoms. The van der Waals surface area contributed by atoms with Crippen LogP contribution in [0.25, 0.3) is 0 Å². The summed E-state index contributed by atoms with van der Waals surface area (Å²) in [5.74, 6) is -0.101. The van der Waals surface area contributed by atoms with Crippen LogP contribution in [-0.2, 0) is 0 Å². The van der Waals surface area contributed by atoms with Gasteiger partial charge in [-0.15, -0.1) is 4.76 Å². The molecule has 1 aliphatic rings. The van der Waals surface area contributed by atoms with Crippen molar-refractivity contribution < 1.29 is 14.3 Å². The van der Waals surface area contributed by atoms with Gasteiger partial charge in [-0.05, 0) is 66.7 Å². The maximum Gasteiger partial charge on any atom is 0.266 e. The third-order valence-corrected chi connectivity index (χ3v) is 10.6. The Morgan fingerprint density at radius 2 is 1.07 bits per heavy atom. The van der Waals surface area contributed by atoms with E-state index in [2.05, 4.69) is 36.4 Å². The monoisotopic (exact) mass is 541 g/mol. The number of hydrogen-bond acceptors (Lipinski definition) is 4. The Kier molecular flexibility index (Phi) is 6.81. The minimum atomic E-state index is -2.54. The molecule has 0 fully saturated rings. The predicted molar refractivity (Wildman–Crippen MR) is 163 cm³/mol. The highest BCUT2D eigenvalue weighted by Crippen LogP contribution is 2.57. The fourth-order valence-electron chi connectivity index (χ4n) is 5.10. The Hall–Kier alpha value is -4.86. The van der Waals surface area contributed by atoms with Crippen LogP contribution >= 0.6 is 7.41 Å². The number of benzene rings is 5. The van der Waals surface area contributed by atoms with Crippen molar-refractivity contribution in [3.05, 3.63) is 150 Å². The van der Waals surface area contributed by atoms with Crippen LogP contribution in [0.3, 0.4) is 0 Å². The average molecular weight is 542 g/mol. The normalized spacial score (nSPS) is 13.1. The fraction of sp³-hybridized carbons (Fsp3) is 0.0294. The number of imide groups is 1. The SMILES string of the molecule is COc1ccc(N2C(=O)c3ccccc3C2=O)c(/C=N/[P+](c2ccccc2)(c2ccccc2)c2ccccc2)c1. The molecule has 0 bridgehead atoms. The van der Waals surface area contributed by atoms with E-state index in [1.54, 1.807) is 49.7 Å². The van der Waals surface area contributed by atoms with Crippen molar-refractivity contribution in [2.45, 2.75) is 0 Å². The van der Waals surface area contributed by atoms with Crippen LogP contribution in [0, 0.1) is 0 Å². The number of carbonyl (C=O) groups excluding carboxylic acids is 2. The highest BCUT2D eigenvalue weighted by molar-refractivity contribution is 7.94. The second-order valence-corrected chi connectivity index (χ2v) is 12.4. The van der Waals surface area contributed by atoms with Gasteiger partial charge in [-0.3, -0.25) is 9.59 Å². The van der Waals surface area contributed by atoms with Crippen LogP contribution in [0.5, 0.6) is 5.75 Å². The van der Waals surface area contributed by atoms with E-state index in [9.17, 15) is 9.59 Å². The lowest BCUT2D eigenvalue weighted by Crippen LogP contribution is -2.31. The number of nitrogens with zero attached hydrogens (tertiary/aromatic N) is 2. The third kappa shape index (κ3) is 4.31. The Morgan fingerprint density at radius 3 is 1.52 bits per heavy atom. The second kappa shape index (κ2) is 10.7. The molecule has 0 unspecified atom stereocenters. The van der Waals surface area contributed by atoms with Crippen LogP contribution in [-0.4, -0.2) is 25.1 Å². The molecule has 6 heteroatoms. The minimum absolute atomic E-state index is 0.351. The summed E-state index contributed by atoms with van der Waals surface area (Å²) in [5.41, 5.74) is 1.86. The maximum absolute atomic E-state index is 13.4. The number of ether oxygens (including phenoxy) is 1. The maximum atomic E-state index is 13.4. The van der Waals surface area contributed by atoms with Gasteiger partial charge in [0.05, 0.1) is 30.1 Å². The molecule has 0 aromatic heterocycles. The zero-order chi connectivity index (χ0) is 27.5. The molecule has 0 radical (unpaired) electrons. The number of fused-ring (bicyclic) bond motifs is 1. The van der Waals surface area contributed by atoms with Crippen molar-refractivity contribution in [3.63, 3.8) is 0 Å². The van der Waals surface area contributed by atoms with Gasteiger partial charge >= 0.3 is 0 Å². The van der Waals surface area contributed by atoms with E-state index in [0.29, 0.717) is 28.1 Å². The summed E-state index contributed by atoms with van der Waals surface area (Å²) < 4.78 is 11.0. The van der Waals surface area contributed by atoms with Crippen molar-refractivity contribution in [2.75, 3.05) is 12.0 Å². The van der Waals surface area contributed by atoms with Gasteiger partial charge in [0.15, 0.2) is 0 Å². The molecular formula is C34H26N2O3P+. The molecule has 0 saturated heterocycles. The van der Waals surface area contributed by atoms with Crippen molar-refractivity contribution in [1.29, 1.82) is 0 Å². The van der Waals surface area contributed by atoms with Crippen molar-refractivity contribution >= 4 is 47.0 Å². The molecule has 1 aliphatic heterocycles. The predicted octanol–water partition coefficient (Wildman–Crippen LogP) is 5.82. The Balaban J connectivity index is 1.57.